The van der Waals surface area contributed by atoms with Gasteiger partial charge in [-0.1, -0.05) is 121 Å². The van der Waals surface area contributed by atoms with Crippen LogP contribution in [0.4, 0.5) is 0 Å². The summed E-state index contributed by atoms with van der Waals surface area (Å²) in [6.45, 7) is 0.331. The highest BCUT2D eigenvalue weighted by Gasteiger charge is 2.51. The van der Waals surface area contributed by atoms with E-state index in [0.717, 1.165) is 47.9 Å². The molecule has 0 bridgehead atoms. The van der Waals surface area contributed by atoms with E-state index in [1.165, 1.54) is 0 Å². The number of amides is 6. The molecule has 6 amide bonds. The van der Waals surface area contributed by atoms with Gasteiger partial charge in [-0.25, -0.2) is 0 Å². The Morgan fingerprint density at radius 3 is 0.765 bits per heavy atom. The first kappa shape index (κ1) is 43.5. The van der Waals surface area contributed by atoms with Gasteiger partial charge in [-0.05, 0) is 72.2 Å². The number of hydrogen-bond donors (Lipinski definition) is 4. The molecule has 12 atom stereocenters. The third-order valence-corrected chi connectivity index (χ3v) is 15.3. The molecule has 4 saturated carbocycles. The van der Waals surface area contributed by atoms with Gasteiger partial charge >= 0.3 is 0 Å². The zero-order valence-electron chi connectivity index (χ0n) is 37.8. The summed E-state index contributed by atoms with van der Waals surface area (Å²) in [5.41, 5.74) is 5.30. The van der Waals surface area contributed by atoms with Gasteiger partial charge in [0.05, 0.1) is 23.7 Å². The zero-order valence-corrected chi connectivity index (χ0v) is 37.8. The van der Waals surface area contributed by atoms with Crippen molar-refractivity contribution in [2.75, 3.05) is 26.2 Å². The predicted molar refractivity (Wildman–Crippen MR) is 255 cm³/mol. The van der Waals surface area contributed by atoms with Gasteiger partial charge in [0.1, 0.15) is 0 Å². The second kappa shape index (κ2) is 18.2. The van der Waals surface area contributed by atoms with Gasteiger partial charge in [-0.15, -0.1) is 0 Å². The molecule has 0 unspecified atom stereocenters. The first-order chi connectivity index (χ1) is 33.2. The lowest BCUT2D eigenvalue weighted by Gasteiger charge is -2.18. The molecular weight excluding hydrogens is 853 g/mol. The van der Waals surface area contributed by atoms with Crippen molar-refractivity contribution in [3.8, 4) is 0 Å². The average Bonchev–Trinajstić information content (AvgIpc) is 4.31. The summed E-state index contributed by atoms with van der Waals surface area (Å²) in [6, 6.07) is 46.5. The highest BCUT2D eigenvalue weighted by atomic mass is 16.2. The average molecular weight is 909 g/mol. The first-order valence-electron chi connectivity index (χ1n) is 24.3. The molecule has 6 aliphatic rings. The van der Waals surface area contributed by atoms with Crippen LogP contribution in [0.1, 0.15) is 92.3 Å². The third-order valence-electron chi connectivity index (χ3n) is 15.3. The Labute approximate surface area is 396 Å². The minimum atomic E-state index is -0.732. The summed E-state index contributed by atoms with van der Waals surface area (Å²) < 4.78 is 0. The number of nitrogens with zero attached hydrogens (tertiary/aromatic N) is 2. The van der Waals surface area contributed by atoms with E-state index in [1.54, 1.807) is 34.1 Å². The number of benzene rings is 5. The van der Waals surface area contributed by atoms with E-state index < -0.39 is 23.7 Å². The maximum absolute atomic E-state index is 14.2. The van der Waals surface area contributed by atoms with E-state index in [0.29, 0.717) is 11.1 Å². The van der Waals surface area contributed by atoms with E-state index in [9.17, 15) is 28.8 Å². The van der Waals surface area contributed by atoms with Gasteiger partial charge in [-0.3, -0.25) is 28.8 Å². The maximum Gasteiger partial charge on any atom is 0.253 e. The molecule has 2 saturated heterocycles. The Morgan fingerprint density at radius 1 is 0.324 bits per heavy atom. The minimum absolute atomic E-state index is 0.0327. The quantitative estimate of drug-likeness (QED) is 0.111. The number of likely N-dealkylation sites (tertiary alicyclic amines) is 2. The SMILES string of the molecule is O=C(N[C@H]1C[C@@H]1c1ccccc1)[C@H]1CN(C(=O)c2ccc(C(=O)N3C[C@@H](C(=O)N[C@H]4C[C@@H]4c4ccccc4)[C@H](C(=O)N[C@H]4C[C@@H]4c4ccccc4)C3)cc2)C[C@@H]1C(=O)N[C@H]1C[C@@H]1c1ccccc1. The molecule has 68 heavy (non-hydrogen) atoms. The van der Waals surface area contributed by atoms with Crippen LogP contribution < -0.4 is 21.3 Å². The molecule has 12 nitrogen and oxygen atoms in total. The minimum Gasteiger partial charge on any atom is -0.352 e. The Bertz CT molecular complexity index is 2370. The van der Waals surface area contributed by atoms with Crippen molar-refractivity contribution in [2.24, 2.45) is 23.7 Å². The number of rotatable bonds is 14. The van der Waals surface area contributed by atoms with Gasteiger partial charge in [0.2, 0.25) is 23.6 Å². The largest absolute Gasteiger partial charge is 0.352 e. The van der Waals surface area contributed by atoms with Crippen molar-refractivity contribution in [1.29, 1.82) is 0 Å². The van der Waals surface area contributed by atoms with Gasteiger partial charge in [-0.2, -0.15) is 0 Å². The second-order valence-corrected chi connectivity index (χ2v) is 19.9. The molecule has 4 aliphatic carbocycles. The second-order valence-electron chi connectivity index (χ2n) is 19.9. The maximum atomic E-state index is 14.2. The van der Waals surface area contributed by atoms with Crippen LogP contribution in [0.25, 0.3) is 0 Å². The third kappa shape index (κ3) is 9.16. The summed E-state index contributed by atoms with van der Waals surface area (Å²) in [5, 5.41) is 12.8. The summed E-state index contributed by atoms with van der Waals surface area (Å²) in [6.07, 6.45) is 3.27. The molecule has 11 rings (SSSR count). The van der Waals surface area contributed by atoms with Crippen molar-refractivity contribution >= 4 is 35.4 Å². The Hall–Kier alpha value is -7.08. The molecular formula is C56H56N6O6. The highest BCUT2D eigenvalue weighted by Crippen LogP contribution is 2.44. The molecule has 0 radical (unpaired) electrons. The lowest BCUT2D eigenvalue weighted by Crippen LogP contribution is -2.43. The Morgan fingerprint density at radius 2 is 0.544 bits per heavy atom. The molecule has 346 valence electrons. The van der Waals surface area contributed by atoms with Crippen molar-refractivity contribution < 1.29 is 28.8 Å². The topological polar surface area (TPSA) is 157 Å². The predicted octanol–water partition coefficient (Wildman–Crippen LogP) is 5.75. The van der Waals surface area contributed by atoms with Gasteiger partial charge in [0.25, 0.3) is 11.8 Å². The number of carbonyl (C=O) groups is 6. The van der Waals surface area contributed by atoms with Crippen LogP contribution in [-0.2, 0) is 19.2 Å². The fraction of sp³-hybridized carbons (Fsp3) is 0.357. The van der Waals surface area contributed by atoms with Crippen LogP contribution in [0.5, 0.6) is 0 Å². The smallest absolute Gasteiger partial charge is 0.253 e. The Kier molecular flexibility index (Phi) is 11.6. The first-order valence-corrected chi connectivity index (χ1v) is 24.3. The fourth-order valence-electron chi connectivity index (χ4n) is 11.0. The van der Waals surface area contributed by atoms with Crippen LogP contribution >= 0.6 is 0 Å². The van der Waals surface area contributed by atoms with E-state index in [4.69, 9.17) is 0 Å². The zero-order chi connectivity index (χ0) is 46.5. The lowest BCUT2D eigenvalue weighted by molar-refractivity contribution is -0.133. The fourth-order valence-corrected chi connectivity index (χ4v) is 11.0. The molecule has 5 aromatic rings. The lowest BCUT2D eigenvalue weighted by atomic mass is 9.94. The van der Waals surface area contributed by atoms with Crippen molar-refractivity contribution in [3.63, 3.8) is 0 Å². The highest BCUT2D eigenvalue weighted by molar-refractivity contribution is 6.00. The van der Waals surface area contributed by atoms with E-state index in [2.05, 4.69) is 69.8 Å². The van der Waals surface area contributed by atoms with Crippen LogP contribution in [0.3, 0.4) is 0 Å². The van der Waals surface area contributed by atoms with Crippen LogP contribution in [0, 0.1) is 23.7 Å². The van der Waals surface area contributed by atoms with Crippen molar-refractivity contribution in [1.82, 2.24) is 31.1 Å². The molecule has 4 N–H and O–H groups in total. The van der Waals surface area contributed by atoms with E-state index >= 15 is 0 Å². The molecule has 0 spiro atoms. The molecule has 5 aromatic carbocycles. The van der Waals surface area contributed by atoms with Crippen LogP contribution in [0.15, 0.2) is 146 Å². The molecule has 2 aliphatic heterocycles. The van der Waals surface area contributed by atoms with Crippen molar-refractivity contribution in [3.05, 3.63) is 179 Å². The molecule has 2 heterocycles. The molecule has 12 heteroatoms. The van der Waals surface area contributed by atoms with Gasteiger partial charge < -0.3 is 31.1 Å². The normalized spacial score (nSPS) is 29.6. The van der Waals surface area contributed by atoms with E-state index in [1.807, 2.05) is 72.8 Å². The summed E-state index contributed by atoms with van der Waals surface area (Å²) in [4.78, 5) is 87.5. The van der Waals surface area contributed by atoms with E-state index in [-0.39, 0.29) is 109 Å². The van der Waals surface area contributed by atoms with Crippen molar-refractivity contribution in [2.45, 2.75) is 73.5 Å². The number of carbonyl (C=O) groups excluding carboxylic acids is 6. The summed E-state index contributed by atoms with van der Waals surface area (Å²) in [7, 11) is 0. The van der Waals surface area contributed by atoms with Crippen LogP contribution in [-0.4, -0.2) is 95.6 Å². The Balaban J connectivity index is 0.756. The number of hydrogen-bond acceptors (Lipinski definition) is 6. The summed E-state index contributed by atoms with van der Waals surface area (Å²) in [5.74, 6) is -3.68. The van der Waals surface area contributed by atoms with Gasteiger partial charge in [0.15, 0.2) is 0 Å². The molecule has 6 fully saturated rings. The standard InChI is InChI=1S/C56H56N6O6/c63-51(57-47-25-39(47)33-13-5-1-6-14-33)43-29-61(30-44(43)52(64)58-48-26-40(48)34-15-7-2-8-16-34)55(67)37-21-23-38(24-22-37)56(68)62-31-45(53(65)59-49-27-41(49)35-17-9-3-10-18-35)46(32-62)54(66)60-50-28-42(50)36-19-11-4-12-20-36/h1-24,39-50H,25-32H2,(H,57,63)(H,58,64)(H,59,65)(H,60,66)/t39-,40-,41-,42-,43-,44-,45+,46+,47+,48+,49+,50+/m1/s1. The monoisotopic (exact) mass is 908 g/mol. The number of nitrogens with one attached hydrogen (secondary N) is 4. The molecule has 0 aromatic heterocycles. The summed E-state index contributed by atoms with van der Waals surface area (Å²) >= 11 is 0. The van der Waals surface area contributed by atoms with Gasteiger partial charge in [0, 0.05) is 85.1 Å². The van der Waals surface area contributed by atoms with Crippen LogP contribution in [0.2, 0.25) is 0 Å².